The average molecular weight is 429 g/mol. The Labute approximate surface area is 177 Å². The van der Waals surface area contributed by atoms with Gasteiger partial charge in [-0.25, -0.2) is 8.78 Å². The topological polar surface area (TPSA) is 93.4 Å². The van der Waals surface area contributed by atoms with Crippen molar-refractivity contribution in [2.75, 3.05) is 19.7 Å². The molecule has 10 heteroatoms. The van der Waals surface area contributed by atoms with Gasteiger partial charge in [0.1, 0.15) is 30.1 Å². The third kappa shape index (κ3) is 5.02. The normalized spacial score (nSPS) is 17.0. The summed E-state index contributed by atoms with van der Waals surface area (Å²) < 4.78 is 32.7. The summed E-state index contributed by atoms with van der Waals surface area (Å²) in [7, 11) is 0. The largest absolute Gasteiger partial charge is 0.491 e. The summed E-state index contributed by atoms with van der Waals surface area (Å²) in [5.74, 6) is -1.00. The second-order valence-electron chi connectivity index (χ2n) is 7.38. The first-order valence-corrected chi connectivity index (χ1v) is 9.85. The Morgan fingerprint density at radius 3 is 2.74 bits per heavy atom. The third-order valence-electron chi connectivity index (χ3n) is 5.19. The number of hydrogen-bond acceptors (Lipinski definition) is 6. The second kappa shape index (κ2) is 9.17. The molecule has 2 heterocycles. The fourth-order valence-corrected chi connectivity index (χ4v) is 3.61. The van der Waals surface area contributed by atoms with E-state index in [-0.39, 0.29) is 25.0 Å². The molecule has 1 amide bonds. The van der Waals surface area contributed by atoms with Gasteiger partial charge < -0.3 is 14.7 Å². The minimum Gasteiger partial charge on any atom is -0.491 e. The van der Waals surface area contributed by atoms with Gasteiger partial charge in [0.2, 0.25) is 0 Å². The Morgan fingerprint density at radius 2 is 2.03 bits per heavy atom. The zero-order valence-corrected chi connectivity index (χ0v) is 16.6. The van der Waals surface area contributed by atoms with Crippen LogP contribution in [0, 0.1) is 11.6 Å². The first-order chi connectivity index (χ1) is 15.0. The molecule has 3 aromatic rings. The lowest BCUT2D eigenvalue weighted by Gasteiger charge is -2.17. The molecule has 0 aliphatic carbocycles. The minimum absolute atomic E-state index is 0.0336. The van der Waals surface area contributed by atoms with Crippen LogP contribution in [0.25, 0.3) is 0 Å². The summed E-state index contributed by atoms with van der Waals surface area (Å²) in [6.45, 7) is 1.07. The first kappa shape index (κ1) is 20.9. The SMILES string of the molecule is O=C(c1ccc(OC[C@H](O)Cn2ncnn2)cc1)N1CCC(c2ccc(F)cc2F)C1. The average Bonchev–Trinajstić information content (AvgIpc) is 3.44. The van der Waals surface area contributed by atoms with Crippen molar-refractivity contribution in [3.05, 3.63) is 71.6 Å². The Bertz CT molecular complexity index is 1030. The van der Waals surface area contributed by atoms with E-state index in [0.29, 0.717) is 36.4 Å². The van der Waals surface area contributed by atoms with Gasteiger partial charge in [-0.15, -0.1) is 10.2 Å². The van der Waals surface area contributed by atoms with Crippen LogP contribution < -0.4 is 4.74 Å². The van der Waals surface area contributed by atoms with Gasteiger partial charge >= 0.3 is 0 Å². The van der Waals surface area contributed by atoms with E-state index in [0.717, 1.165) is 6.07 Å². The molecular formula is C21H21F2N5O3. The van der Waals surface area contributed by atoms with E-state index in [1.54, 1.807) is 29.2 Å². The van der Waals surface area contributed by atoms with Crippen LogP contribution in [0.5, 0.6) is 5.75 Å². The molecule has 0 spiro atoms. The summed E-state index contributed by atoms with van der Waals surface area (Å²) in [5, 5.41) is 21.0. The summed E-state index contributed by atoms with van der Waals surface area (Å²) in [4.78, 5) is 15.7. The van der Waals surface area contributed by atoms with E-state index < -0.39 is 17.7 Å². The number of halogens is 2. The molecule has 0 bridgehead atoms. The number of nitrogens with zero attached hydrogens (tertiary/aromatic N) is 5. The molecular weight excluding hydrogens is 408 g/mol. The van der Waals surface area contributed by atoms with Crippen molar-refractivity contribution >= 4 is 5.91 Å². The molecule has 2 atom stereocenters. The third-order valence-corrected chi connectivity index (χ3v) is 5.19. The molecule has 31 heavy (non-hydrogen) atoms. The summed E-state index contributed by atoms with van der Waals surface area (Å²) in [6.07, 6.45) is 1.08. The number of aromatic nitrogens is 4. The fraction of sp³-hybridized carbons (Fsp3) is 0.333. The zero-order chi connectivity index (χ0) is 21.8. The minimum atomic E-state index is -0.816. The molecule has 2 aromatic carbocycles. The Balaban J connectivity index is 1.31. The number of tetrazole rings is 1. The number of carbonyl (C=O) groups is 1. The maximum absolute atomic E-state index is 14.0. The highest BCUT2D eigenvalue weighted by Gasteiger charge is 2.29. The van der Waals surface area contributed by atoms with Gasteiger partial charge in [0.05, 0.1) is 6.54 Å². The maximum atomic E-state index is 14.0. The molecule has 1 aliphatic rings. The summed E-state index contributed by atoms with van der Waals surface area (Å²) in [5.41, 5.74) is 0.917. The second-order valence-corrected chi connectivity index (χ2v) is 7.38. The monoisotopic (exact) mass is 429 g/mol. The molecule has 8 nitrogen and oxygen atoms in total. The lowest BCUT2D eigenvalue weighted by Crippen LogP contribution is -2.28. The van der Waals surface area contributed by atoms with Gasteiger partial charge in [0, 0.05) is 30.6 Å². The highest BCUT2D eigenvalue weighted by atomic mass is 19.1. The molecule has 1 unspecified atom stereocenters. The van der Waals surface area contributed by atoms with Crippen molar-refractivity contribution in [2.24, 2.45) is 0 Å². The number of rotatable bonds is 7. The van der Waals surface area contributed by atoms with Crippen molar-refractivity contribution in [2.45, 2.75) is 25.0 Å². The molecule has 0 radical (unpaired) electrons. The van der Waals surface area contributed by atoms with Crippen molar-refractivity contribution < 1.29 is 23.4 Å². The van der Waals surface area contributed by atoms with Crippen molar-refractivity contribution in [3.8, 4) is 5.75 Å². The number of hydrogen-bond donors (Lipinski definition) is 1. The number of aliphatic hydroxyl groups is 1. The molecule has 1 fully saturated rings. The van der Waals surface area contributed by atoms with E-state index in [9.17, 15) is 18.7 Å². The van der Waals surface area contributed by atoms with E-state index >= 15 is 0 Å². The van der Waals surface area contributed by atoms with Crippen LogP contribution >= 0.6 is 0 Å². The Kier molecular flexibility index (Phi) is 6.17. The van der Waals surface area contributed by atoms with Crippen molar-refractivity contribution in [1.82, 2.24) is 25.1 Å². The van der Waals surface area contributed by atoms with Crippen LogP contribution in [0.2, 0.25) is 0 Å². The highest BCUT2D eigenvalue weighted by molar-refractivity contribution is 5.94. The predicted molar refractivity (Wildman–Crippen MR) is 105 cm³/mol. The number of benzene rings is 2. The van der Waals surface area contributed by atoms with Gasteiger partial charge in [-0.05, 0) is 47.5 Å². The number of aliphatic hydroxyl groups excluding tert-OH is 1. The number of amides is 1. The molecule has 0 saturated carbocycles. The highest BCUT2D eigenvalue weighted by Crippen LogP contribution is 2.30. The standard InChI is InChI=1S/C21H21F2N5O3/c22-16-3-6-19(20(23)9-16)15-7-8-27(10-15)21(30)14-1-4-18(5-2-14)31-12-17(29)11-28-25-13-24-26-28/h1-6,9,13,15,17,29H,7-8,10-12H2/t15?,17-/m1/s1. The van der Waals surface area contributed by atoms with Crippen molar-refractivity contribution in [3.63, 3.8) is 0 Å². The number of carbonyl (C=O) groups excluding carboxylic acids is 1. The summed E-state index contributed by atoms with van der Waals surface area (Å²) in [6, 6.07) is 10.2. The summed E-state index contributed by atoms with van der Waals surface area (Å²) >= 11 is 0. The van der Waals surface area contributed by atoms with Crippen LogP contribution in [0.15, 0.2) is 48.8 Å². The van der Waals surface area contributed by atoms with Crippen molar-refractivity contribution in [1.29, 1.82) is 0 Å². The lowest BCUT2D eigenvalue weighted by molar-refractivity contribution is 0.0788. The Hall–Kier alpha value is -3.40. The van der Waals surface area contributed by atoms with Crippen LogP contribution in [0.4, 0.5) is 8.78 Å². The number of likely N-dealkylation sites (tertiary alicyclic amines) is 1. The van der Waals surface area contributed by atoms with Gasteiger partial charge in [-0.3, -0.25) is 4.79 Å². The molecule has 162 valence electrons. The molecule has 1 aliphatic heterocycles. The van der Waals surface area contributed by atoms with E-state index in [1.807, 2.05) is 0 Å². The van der Waals surface area contributed by atoms with Crippen LogP contribution in [0.1, 0.15) is 28.3 Å². The van der Waals surface area contributed by atoms with Crippen LogP contribution in [0.3, 0.4) is 0 Å². The van der Waals surface area contributed by atoms with Gasteiger partial charge in [0.25, 0.3) is 5.91 Å². The van der Waals surface area contributed by atoms with E-state index in [1.165, 1.54) is 23.3 Å². The quantitative estimate of drug-likeness (QED) is 0.618. The van der Waals surface area contributed by atoms with Gasteiger partial charge in [-0.2, -0.15) is 4.80 Å². The Morgan fingerprint density at radius 1 is 1.23 bits per heavy atom. The first-order valence-electron chi connectivity index (χ1n) is 9.85. The van der Waals surface area contributed by atoms with Crippen LogP contribution in [-0.2, 0) is 6.54 Å². The van der Waals surface area contributed by atoms with Gasteiger partial charge in [-0.1, -0.05) is 6.07 Å². The molecule has 4 rings (SSSR count). The lowest BCUT2D eigenvalue weighted by atomic mass is 9.98. The number of ether oxygens (including phenoxy) is 1. The maximum Gasteiger partial charge on any atom is 0.253 e. The molecule has 1 aromatic heterocycles. The van der Waals surface area contributed by atoms with Crippen LogP contribution in [-0.4, -0.2) is 61.9 Å². The van der Waals surface area contributed by atoms with E-state index in [2.05, 4.69) is 15.4 Å². The molecule has 1 N–H and O–H groups in total. The smallest absolute Gasteiger partial charge is 0.253 e. The predicted octanol–water partition coefficient (Wildman–Crippen LogP) is 2.02. The fourth-order valence-electron chi connectivity index (χ4n) is 3.61. The van der Waals surface area contributed by atoms with Gasteiger partial charge in [0.15, 0.2) is 6.33 Å². The zero-order valence-electron chi connectivity index (χ0n) is 16.6. The van der Waals surface area contributed by atoms with E-state index in [4.69, 9.17) is 4.74 Å². The molecule has 1 saturated heterocycles.